The topological polar surface area (TPSA) is 51.1 Å². The average molecular weight is 310 g/mol. The normalized spacial score (nSPS) is 8.90. The molecule has 5 nitrogen and oxygen atoms in total. The first-order valence-corrected chi connectivity index (χ1v) is 7.90. The summed E-state index contributed by atoms with van der Waals surface area (Å²) in [7, 11) is 3.63. The van der Waals surface area contributed by atoms with Crippen molar-refractivity contribution in [3.63, 3.8) is 0 Å². The molecule has 0 aliphatic rings. The Labute approximate surface area is 132 Å². The van der Waals surface area contributed by atoms with Crippen LogP contribution in [-0.2, 0) is 0 Å². The zero-order chi connectivity index (χ0) is 16.3. The fraction of sp³-hybridized carbons (Fsp3) is 0.533. The number of nitrogens with zero attached hydrogens (tertiary/aromatic N) is 4. The molecule has 0 spiro atoms. The van der Waals surface area contributed by atoms with Crippen LogP contribution in [0.3, 0.4) is 0 Å². The van der Waals surface area contributed by atoms with Crippen LogP contribution < -0.4 is 9.64 Å². The first-order valence-electron chi connectivity index (χ1n) is 7.02. The van der Waals surface area contributed by atoms with Gasteiger partial charge in [-0.05, 0) is 20.8 Å². The van der Waals surface area contributed by atoms with E-state index in [0.29, 0.717) is 5.88 Å². The van der Waals surface area contributed by atoms with Gasteiger partial charge >= 0.3 is 0 Å². The Hall–Kier alpha value is -1.69. The molecule has 0 saturated carbocycles. The molecule has 118 valence electrons. The quantitative estimate of drug-likeness (QED) is 0.864. The second kappa shape index (κ2) is 11.0. The lowest BCUT2D eigenvalue weighted by atomic mass is 10.5. The smallest absolute Gasteiger partial charge is 0.232 e. The van der Waals surface area contributed by atoms with Crippen LogP contribution in [0.25, 0.3) is 0 Å². The zero-order valence-electron chi connectivity index (χ0n) is 14.0. The summed E-state index contributed by atoms with van der Waals surface area (Å²) in [5.41, 5.74) is 1.98. The standard InChI is InChI=1S/C7H12N2S.C6H8N2O.C2H6/c1-4-9(3)7-8-6(2)5-10-7;1-5-3-7-4-6(8-5)9-2;1-2/h5H,4H2,1-3H3;3-4H,1-2H3;1-2H3. The molecule has 0 aromatic carbocycles. The lowest BCUT2D eigenvalue weighted by Crippen LogP contribution is -2.15. The SMILES string of the molecule is CC.CCN(C)c1nc(C)cs1.COc1cncc(C)n1. The van der Waals surface area contributed by atoms with Gasteiger partial charge in [-0.3, -0.25) is 4.98 Å². The molecule has 0 saturated heterocycles. The highest BCUT2D eigenvalue weighted by Crippen LogP contribution is 2.17. The zero-order valence-corrected chi connectivity index (χ0v) is 14.9. The van der Waals surface area contributed by atoms with Crippen molar-refractivity contribution in [3.05, 3.63) is 29.2 Å². The van der Waals surface area contributed by atoms with Crippen molar-refractivity contribution in [1.29, 1.82) is 0 Å². The van der Waals surface area contributed by atoms with E-state index in [0.717, 1.165) is 23.1 Å². The Kier molecular flexibility index (Phi) is 10.1. The van der Waals surface area contributed by atoms with Crippen molar-refractivity contribution in [2.45, 2.75) is 34.6 Å². The summed E-state index contributed by atoms with van der Waals surface area (Å²) in [6, 6.07) is 0. The molecular formula is C15H26N4OS. The van der Waals surface area contributed by atoms with E-state index in [-0.39, 0.29) is 0 Å². The molecule has 2 aromatic heterocycles. The van der Waals surface area contributed by atoms with Crippen molar-refractivity contribution >= 4 is 16.5 Å². The minimum atomic E-state index is 0.565. The molecule has 0 atom stereocenters. The number of aromatic nitrogens is 3. The number of ether oxygens (including phenoxy) is 1. The Morgan fingerprint density at radius 3 is 2.19 bits per heavy atom. The van der Waals surface area contributed by atoms with Gasteiger partial charge in [-0.2, -0.15) is 0 Å². The van der Waals surface area contributed by atoms with Gasteiger partial charge in [0.15, 0.2) is 5.13 Å². The average Bonchev–Trinajstić information content (AvgIpc) is 2.95. The van der Waals surface area contributed by atoms with E-state index in [1.165, 1.54) is 0 Å². The maximum Gasteiger partial charge on any atom is 0.232 e. The molecule has 0 fully saturated rings. The molecular weight excluding hydrogens is 284 g/mol. The minimum Gasteiger partial charge on any atom is -0.480 e. The van der Waals surface area contributed by atoms with Crippen molar-refractivity contribution in [2.24, 2.45) is 0 Å². The summed E-state index contributed by atoms with van der Waals surface area (Å²) >= 11 is 1.70. The maximum atomic E-state index is 4.82. The molecule has 2 rings (SSSR count). The van der Waals surface area contributed by atoms with Gasteiger partial charge in [-0.1, -0.05) is 13.8 Å². The van der Waals surface area contributed by atoms with Gasteiger partial charge in [0.05, 0.1) is 24.7 Å². The predicted octanol–water partition coefficient (Wildman–Crippen LogP) is 3.73. The fourth-order valence-electron chi connectivity index (χ4n) is 1.19. The van der Waals surface area contributed by atoms with E-state index in [1.807, 2.05) is 27.7 Å². The van der Waals surface area contributed by atoms with E-state index < -0.39 is 0 Å². The van der Waals surface area contributed by atoms with Gasteiger partial charge in [0.1, 0.15) is 0 Å². The molecule has 0 aliphatic heterocycles. The molecule has 0 N–H and O–H groups in total. The molecule has 2 aromatic rings. The number of hydrogen-bond acceptors (Lipinski definition) is 6. The van der Waals surface area contributed by atoms with Crippen molar-refractivity contribution < 1.29 is 4.74 Å². The Morgan fingerprint density at radius 2 is 1.81 bits per heavy atom. The van der Waals surface area contributed by atoms with Crippen molar-refractivity contribution in [3.8, 4) is 5.88 Å². The summed E-state index contributed by atoms with van der Waals surface area (Å²) in [6.07, 6.45) is 3.26. The summed E-state index contributed by atoms with van der Waals surface area (Å²) in [5, 5.41) is 3.18. The molecule has 0 radical (unpaired) electrons. The van der Waals surface area contributed by atoms with Gasteiger partial charge in [0.2, 0.25) is 5.88 Å². The van der Waals surface area contributed by atoms with Crippen LogP contribution in [0, 0.1) is 13.8 Å². The van der Waals surface area contributed by atoms with Gasteiger partial charge in [-0.25, -0.2) is 9.97 Å². The van der Waals surface area contributed by atoms with E-state index >= 15 is 0 Å². The first kappa shape index (κ1) is 19.3. The largest absolute Gasteiger partial charge is 0.480 e. The van der Waals surface area contributed by atoms with E-state index in [2.05, 4.69) is 39.2 Å². The van der Waals surface area contributed by atoms with Crippen LogP contribution in [0.15, 0.2) is 17.8 Å². The van der Waals surface area contributed by atoms with Crippen LogP contribution in [0.2, 0.25) is 0 Å². The summed E-state index contributed by atoms with van der Waals surface area (Å²) < 4.78 is 4.82. The lowest BCUT2D eigenvalue weighted by molar-refractivity contribution is 0.394. The molecule has 21 heavy (non-hydrogen) atoms. The van der Waals surface area contributed by atoms with Gasteiger partial charge in [0.25, 0.3) is 0 Å². The summed E-state index contributed by atoms with van der Waals surface area (Å²) in [4.78, 5) is 14.3. The number of hydrogen-bond donors (Lipinski definition) is 0. The fourth-order valence-corrected chi connectivity index (χ4v) is 2.03. The summed E-state index contributed by atoms with van der Waals surface area (Å²) in [5.74, 6) is 0.565. The van der Waals surface area contributed by atoms with Gasteiger partial charge in [-0.15, -0.1) is 11.3 Å². The third-order valence-electron chi connectivity index (χ3n) is 2.35. The molecule has 0 unspecified atom stereocenters. The van der Waals surface area contributed by atoms with Crippen molar-refractivity contribution in [1.82, 2.24) is 15.0 Å². The van der Waals surface area contributed by atoms with Crippen LogP contribution >= 0.6 is 11.3 Å². The van der Waals surface area contributed by atoms with Crippen LogP contribution in [0.4, 0.5) is 5.13 Å². The number of methoxy groups -OCH3 is 1. The van der Waals surface area contributed by atoms with Crippen molar-refractivity contribution in [2.75, 3.05) is 25.6 Å². The summed E-state index contributed by atoms with van der Waals surface area (Å²) in [6.45, 7) is 11.0. The number of thiazole rings is 1. The molecule has 0 bridgehead atoms. The first-order chi connectivity index (χ1) is 10.1. The highest BCUT2D eigenvalue weighted by Gasteiger charge is 2.00. The van der Waals surface area contributed by atoms with Gasteiger partial charge in [0, 0.05) is 25.2 Å². The highest BCUT2D eigenvalue weighted by molar-refractivity contribution is 7.13. The third kappa shape index (κ3) is 7.60. The number of rotatable bonds is 3. The van der Waals surface area contributed by atoms with Crippen LogP contribution in [0.1, 0.15) is 32.2 Å². The Morgan fingerprint density at radius 1 is 1.14 bits per heavy atom. The van der Waals surface area contributed by atoms with E-state index in [9.17, 15) is 0 Å². The van der Waals surface area contributed by atoms with E-state index in [1.54, 1.807) is 30.8 Å². The van der Waals surface area contributed by atoms with E-state index in [4.69, 9.17) is 4.74 Å². The third-order valence-corrected chi connectivity index (χ3v) is 3.42. The molecule has 0 aliphatic carbocycles. The molecule has 2 heterocycles. The van der Waals surface area contributed by atoms with Crippen LogP contribution in [-0.4, -0.2) is 35.7 Å². The second-order valence-electron chi connectivity index (χ2n) is 3.99. The van der Waals surface area contributed by atoms with Crippen LogP contribution in [0.5, 0.6) is 5.88 Å². The minimum absolute atomic E-state index is 0.565. The monoisotopic (exact) mass is 310 g/mol. The number of anilines is 1. The Bertz CT molecular complexity index is 502. The van der Waals surface area contributed by atoms with Gasteiger partial charge < -0.3 is 9.64 Å². The molecule has 0 amide bonds. The maximum absolute atomic E-state index is 4.82. The number of aryl methyl sites for hydroxylation is 2. The lowest BCUT2D eigenvalue weighted by Gasteiger charge is -2.10. The predicted molar refractivity (Wildman–Crippen MR) is 90.5 cm³/mol. The molecule has 6 heteroatoms. The Balaban J connectivity index is 0.000000342. The highest BCUT2D eigenvalue weighted by atomic mass is 32.1. The second-order valence-corrected chi connectivity index (χ2v) is 4.83.